The van der Waals surface area contributed by atoms with Crippen molar-refractivity contribution in [2.45, 2.75) is 0 Å². The van der Waals surface area contributed by atoms with E-state index in [1.807, 2.05) is 0 Å². The van der Waals surface area contributed by atoms with E-state index < -0.39 is 11.9 Å². The molecule has 8 nitrogen and oxygen atoms in total. The third-order valence-corrected chi connectivity index (χ3v) is 0.289. The molecular formula is C8H20N4O4Pd-4. The summed E-state index contributed by atoms with van der Waals surface area (Å²) in [4.78, 5) is 17.8. The number of carboxylic acids is 2. The van der Waals surface area contributed by atoms with Crippen LogP contribution in [0.1, 0.15) is 0 Å². The molecule has 0 fully saturated rings. The normalized spacial score (nSPS) is 6.35. The second-order valence-electron chi connectivity index (χ2n) is 1.86. The first-order chi connectivity index (χ1) is 7.29. The van der Waals surface area contributed by atoms with E-state index in [1.54, 1.807) is 0 Å². The second kappa shape index (κ2) is 36.2. The first kappa shape index (κ1) is 29.8. The molecule has 0 saturated carbocycles. The van der Waals surface area contributed by atoms with Crippen molar-refractivity contribution in [2.75, 3.05) is 26.2 Å². The second-order valence-corrected chi connectivity index (χ2v) is 1.86. The molecular weight excluding hydrogens is 323 g/mol. The van der Waals surface area contributed by atoms with Gasteiger partial charge >= 0.3 is 0 Å². The Labute approximate surface area is 115 Å². The van der Waals surface area contributed by atoms with Crippen molar-refractivity contribution in [3.63, 3.8) is 0 Å². The van der Waals surface area contributed by atoms with E-state index in [9.17, 15) is 0 Å². The van der Waals surface area contributed by atoms with Crippen LogP contribution in [-0.2, 0) is 30.0 Å². The van der Waals surface area contributed by atoms with E-state index >= 15 is 0 Å². The van der Waals surface area contributed by atoms with E-state index in [2.05, 4.69) is 13.8 Å². The van der Waals surface area contributed by atoms with E-state index in [1.165, 1.54) is 0 Å². The summed E-state index contributed by atoms with van der Waals surface area (Å²) in [7, 11) is 0. The molecule has 9 heteroatoms. The third kappa shape index (κ3) is 1890. The zero-order chi connectivity index (χ0) is 14.0. The van der Waals surface area contributed by atoms with Crippen LogP contribution in [0.3, 0.4) is 0 Å². The molecule has 0 aromatic carbocycles. The van der Waals surface area contributed by atoms with Gasteiger partial charge in [-0.05, 0) is 13.1 Å². The van der Waals surface area contributed by atoms with Gasteiger partial charge < -0.3 is 33.1 Å². The minimum Gasteiger partial charge on any atom is -0.676 e. The summed E-state index contributed by atoms with van der Waals surface area (Å²) in [6.07, 6.45) is 0. The molecule has 17 heavy (non-hydrogen) atoms. The summed E-state index contributed by atoms with van der Waals surface area (Å²) in [6, 6.07) is 0. The minimum atomic E-state index is -1.08. The van der Waals surface area contributed by atoms with Crippen molar-refractivity contribution in [3.05, 3.63) is 25.3 Å². The van der Waals surface area contributed by atoms with Gasteiger partial charge in [0.15, 0.2) is 11.9 Å². The van der Waals surface area contributed by atoms with E-state index in [-0.39, 0.29) is 20.4 Å². The standard InChI is InChI=1S/2C2H7N2.2C2H3O2.Pd/c2*3-1-2-4;2*1-2(3)4;/h2*3H,1-2,4H2;2*1H2,(H,3,4);/q4*-1;. The van der Waals surface area contributed by atoms with Crippen LogP contribution in [0.4, 0.5) is 0 Å². The molecule has 0 bridgehead atoms. The smallest absolute Gasteiger partial charge is 0.161 e. The molecule has 0 rings (SSSR count). The van der Waals surface area contributed by atoms with Gasteiger partial charge in [-0.3, -0.25) is 23.4 Å². The van der Waals surface area contributed by atoms with Gasteiger partial charge in [-0.2, -0.15) is 0 Å². The van der Waals surface area contributed by atoms with Gasteiger partial charge in [0.1, 0.15) is 0 Å². The van der Waals surface area contributed by atoms with Gasteiger partial charge in [0, 0.05) is 20.4 Å². The molecule has 110 valence electrons. The molecule has 0 heterocycles. The topological polar surface area (TPSA) is 174 Å². The minimum absolute atomic E-state index is 0. The molecule has 0 saturated heterocycles. The zero-order valence-electron chi connectivity index (χ0n) is 9.42. The number of aliphatic carboxylic acids is 2. The van der Waals surface area contributed by atoms with Gasteiger partial charge in [-0.15, -0.1) is 13.1 Å². The number of nitrogens with two attached hydrogens (primary N) is 2. The van der Waals surface area contributed by atoms with Gasteiger partial charge in [0.2, 0.25) is 0 Å². The average Bonchev–Trinajstić information content (AvgIpc) is 2.16. The summed E-state index contributed by atoms with van der Waals surface area (Å²) in [5.41, 5.74) is 22.3. The molecule has 0 aliphatic carbocycles. The Balaban J connectivity index is -0.0000000369. The average molecular weight is 343 g/mol. The maximum atomic E-state index is 8.89. The summed E-state index contributed by atoms with van der Waals surface area (Å²) in [5.74, 6) is -2.17. The maximum Gasteiger partial charge on any atom is 0.161 e. The summed E-state index contributed by atoms with van der Waals surface area (Å²) in [6.45, 7) is 6.78. The number of hydrogen-bond donors (Lipinski definition) is 4. The third-order valence-electron chi connectivity index (χ3n) is 0.289. The SMILES string of the molecule is [CH2-]C(=O)O.[CH2-]C(=O)O.[NH-]CCN.[NH-]CCN.[Pd]. The van der Waals surface area contributed by atoms with Crippen LogP contribution in [0.15, 0.2) is 0 Å². The van der Waals surface area contributed by atoms with Crippen LogP contribution < -0.4 is 11.5 Å². The number of nitrogens with one attached hydrogen (secondary N) is 2. The predicted octanol–water partition coefficient (Wildman–Crippen LogP) is -0.198. The van der Waals surface area contributed by atoms with Crippen LogP contribution in [-0.4, -0.2) is 48.3 Å². The summed E-state index contributed by atoms with van der Waals surface area (Å²) in [5, 5.41) is 14.6. The monoisotopic (exact) mass is 342 g/mol. The fourth-order valence-corrected chi connectivity index (χ4v) is 0. The zero-order valence-corrected chi connectivity index (χ0v) is 11.0. The Bertz CT molecular complexity index is 121. The van der Waals surface area contributed by atoms with Crippen molar-refractivity contribution in [1.29, 1.82) is 0 Å². The van der Waals surface area contributed by atoms with Crippen molar-refractivity contribution < 1.29 is 40.2 Å². The Morgan fingerprint density at radius 3 is 1.00 bits per heavy atom. The fourth-order valence-electron chi connectivity index (χ4n) is 0. The predicted molar refractivity (Wildman–Crippen MR) is 62.5 cm³/mol. The molecule has 0 atom stereocenters. The quantitative estimate of drug-likeness (QED) is 0.399. The van der Waals surface area contributed by atoms with Gasteiger partial charge in [0.25, 0.3) is 0 Å². The Hall–Kier alpha value is -0.818. The first-order valence-corrected chi connectivity index (χ1v) is 4.09. The van der Waals surface area contributed by atoms with Crippen molar-refractivity contribution in [2.24, 2.45) is 11.5 Å². The molecule has 0 aromatic rings. The van der Waals surface area contributed by atoms with Gasteiger partial charge in [-0.1, -0.05) is 0 Å². The first-order valence-electron chi connectivity index (χ1n) is 4.09. The number of carbonyl (C=O) groups is 2. The molecule has 0 radical (unpaired) electrons. The molecule has 0 unspecified atom stereocenters. The van der Waals surface area contributed by atoms with Crippen molar-refractivity contribution >= 4 is 11.9 Å². The van der Waals surface area contributed by atoms with Crippen LogP contribution in [0.25, 0.3) is 11.5 Å². The summed E-state index contributed by atoms with van der Waals surface area (Å²) >= 11 is 0. The maximum absolute atomic E-state index is 8.89. The molecule has 0 aromatic heterocycles. The Kier molecular flexibility index (Phi) is 63.6. The van der Waals surface area contributed by atoms with Crippen LogP contribution in [0, 0.1) is 13.8 Å². The van der Waals surface area contributed by atoms with Crippen molar-refractivity contribution in [3.8, 4) is 0 Å². The number of hydrogen-bond acceptors (Lipinski definition) is 4. The molecule has 0 aliphatic heterocycles. The fraction of sp³-hybridized carbons (Fsp3) is 0.500. The Morgan fingerprint density at radius 1 is 0.941 bits per heavy atom. The van der Waals surface area contributed by atoms with Gasteiger partial charge in [0.05, 0.1) is 0 Å². The Morgan fingerprint density at radius 2 is 1.00 bits per heavy atom. The van der Waals surface area contributed by atoms with Crippen LogP contribution in [0.2, 0.25) is 0 Å². The van der Waals surface area contributed by atoms with Crippen LogP contribution in [0.5, 0.6) is 0 Å². The van der Waals surface area contributed by atoms with E-state index in [4.69, 9.17) is 42.7 Å². The molecule has 0 amide bonds. The summed E-state index contributed by atoms with van der Waals surface area (Å²) < 4.78 is 0. The molecule has 0 spiro atoms. The van der Waals surface area contributed by atoms with Crippen LogP contribution >= 0.6 is 0 Å². The van der Waals surface area contributed by atoms with E-state index in [0.717, 1.165) is 0 Å². The van der Waals surface area contributed by atoms with Crippen molar-refractivity contribution in [1.82, 2.24) is 0 Å². The van der Waals surface area contributed by atoms with E-state index in [0.29, 0.717) is 26.2 Å². The molecule has 8 N–H and O–H groups in total. The largest absolute Gasteiger partial charge is 0.676 e. The number of rotatable bonds is 2. The number of carboxylic acid groups (broad SMARTS) is 2. The molecule has 0 aliphatic rings. The van der Waals surface area contributed by atoms with Gasteiger partial charge in [-0.25, -0.2) is 0 Å².